The molecule has 6 atom stereocenters. The van der Waals surface area contributed by atoms with E-state index in [0.717, 1.165) is 16.0 Å². The van der Waals surface area contributed by atoms with E-state index in [2.05, 4.69) is 0 Å². The van der Waals surface area contributed by atoms with Crippen LogP contribution in [0.2, 0.25) is 0 Å². The minimum Gasteiger partial charge on any atom is -0.387 e. The molecule has 0 spiro atoms. The highest BCUT2D eigenvalue weighted by atomic mass is 32.2. The lowest BCUT2D eigenvalue weighted by Crippen LogP contribution is -2.61. The van der Waals surface area contributed by atoms with Gasteiger partial charge in [-0.05, 0) is 17.7 Å². The smallest absolute Gasteiger partial charge is 0.184 e. The standard InChI is InChI=1S/C26H26O5S/c27-22-23-21(17-29-25(31-23)19-12-6-2-7-13-19)30-26(32-20-14-8-3-9-15-20)24(22)28-16-18-10-4-1-5-11-18/h1-15,21-27H,16-17H2/t21?,22?,23-,24?,25?,26-/m0/s1. The first-order valence-electron chi connectivity index (χ1n) is 10.8. The van der Waals surface area contributed by atoms with E-state index in [1.807, 2.05) is 91.0 Å². The Labute approximate surface area is 192 Å². The Kier molecular flexibility index (Phi) is 6.88. The zero-order chi connectivity index (χ0) is 21.8. The Balaban J connectivity index is 1.35. The Morgan fingerprint density at radius 3 is 2.22 bits per heavy atom. The van der Waals surface area contributed by atoms with Crippen LogP contribution >= 0.6 is 11.8 Å². The third-order valence-corrected chi connectivity index (χ3v) is 6.82. The maximum absolute atomic E-state index is 11.4. The van der Waals surface area contributed by atoms with Crippen LogP contribution in [0, 0.1) is 0 Å². The number of aliphatic hydroxyl groups excluding tert-OH is 1. The van der Waals surface area contributed by atoms with Gasteiger partial charge in [-0.2, -0.15) is 0 Å². The van der Waals surface area contributed by atoms with E-state index < -0.39 is 30.0 Å². The molecule has 3 aromatic rings. The second-order valence-electron chi connectivity index (χ2n) is 7.90. The Bertz CT molecular complexity index is 971. The predicted octanol–water partition coefficient (Wildman–Crippen LogP) is 4.56. The van der Waals surface area contributed by atoms with Crippen molar-refractivity contribution in [2.45, 2.75) is 47.6 Å². The van der Waals surface area contributed by atoms with E-state index in [-0.39, 0.29) is 6.10 Å². The van der Waals surface area contributed by atoms with E-state index in [1.54, 1.807) is 11.8 Å². The van der Waals surface area contributed by atoms with E-state index in [1.165, 1.54) is 0 Å². The van der Waals surface area contributed by atoms with Crippen LogP contribution in [0.4, 0.5) is 0 Å². The minimum absolute atomic E-state index is 0.346. The molecule has 0 saturated carbocycles. The largest absolute Gasteiger partial charge is 0.387 e. The zero-order valence-corrected chi connectivity index (χ0v) is 18.3. The van der Waals surface area contributed by atoms with Gasteiger partial charge in [0.25, 0.3) is 0 Å². The molecule has 4 unspecified atom stereocenters. The summed E-state index contributed by atoms with van der Waals surface area (Å²) in [4.78, 5) is 1.05. The van der Waals surface area contributed by atoms with E-state index in [9.17, 15) is 5.11 Å². The van der Waals surface area contributed by atoms with Gasteiger partial charge in [-0.1, -0.05) is 90.6 Å². The average Bonchev–Trinajstić information content (AvgIpc) is 2.85. The van der Waals surface area contributed by atoms with Crippen molar-refractivity contribution in [3.63, 3.8) is 0 Å². The van der Waals surface area contributed by atoms with Crippen LogP contribution in [0.3, 0.4) is 0 Å². The van der Waals surface area contributed by atoms with Crippen LogP contribution < -0.4 is 0 Å². The highest BCUT2D eigenvalue weighted by Crippen LogP contribution is 2.40. The lowest BCUT2D eigenvalue weighted by molar-refractivity contribution is -0.322. The van der Waals surface area contributed by atoms with Gasteiger partial charge in [0.2, 0.25) is 0 Å². The predicted molar refractivity (Wildman–Crippen MR) is 122 cm³/mol. The highest BCUT2D eigenvalue weighted by Gasteiger charge is 2.50. The lowest BCUT2D eigenvalue weighted by Gasteiger charge is -2.47. The van der Waals surface area contributed by atoms with Crippen LogP contribution in [-0.4, -0.2) is 41.6 Å². The zero-order valence-electron chi connectivity index (χ0n) is 17.5. The number of fused-ring (bicyclic) bond motifs is 1. The highest BCUT2D eigenvalue weighted by molar-refractivity contribution is 7.99. The topological polar surface area (TPSA) is 57.2 Å². The molecule has 5 rings (SSSR count). The number of rotatable bonds is 6. The molecule has 6 heteroatoms. The Hall–Kier alpha value is -2.19. The fourth-order valence-electron chi connectivity index (χ4n) is 4.02. The molecule has 0 radical (unpaired) electrons. The quantitative estimate of drug-likeness (QED) is 0.594. The number of benzene rings is 3. The van der Waals surface area contributed by atoms with Crippen molar-refractivity contribution in [3.8, 4) is 0 Å². The van der Waals surface area contributed by atoms with Crippen LogP contribution in [0.5, 0.6) is 0 Å². The van der Waals surface area contributed by atoms with Crippen LogP contribution in [-0.2, 0) is 25.6 Å². The second-order valence-corrected chi connectivity index (χ2v) is 9.07. The van der Waals surface area contributed by atoms with Crippen LogP contribution in [0.1, 0.15) is 17.4 Å². The molecule has 0 amide bonds. The molecule has 0 bridgehead atoms. The summed E-state index contributed by atoms with van der Waals surface area (Å²) >= 11 is 1.55. The molecule has 2 aliphatic heterocycles. The molecule has 5 nitrogen and oxygen atoms in total. The minimum atomic E-state index is -0.853. The summed E-state index contributed by atoms with van der Waals surface area (Å²) in [6.07, 6.45) is -2.86. The molecule has 2 fully saturated rings. The molecule has 2 aliphatic rings. The summed E-state index contributed by atoms with van der Waals surface area (Å²) in [5, 5.41) is 11.4. The molecule has 32 heavy (non-hydrogen) atoms. The summed E-state index contributed by atoms with van der Waals surface area (Å²) in [5.41, 5.74) is 1.57. The molecule has 2 heterocycles. The summed E-state index contributed by atoms with van der Waals surface area (Å²) in [7, 11) is 0. The van der Waals surface area contributed by atoms with Gasteiger partial charge in [0.05, 0.1) is 13.2 Å². The third-order valence-electron chi connectivity index (χ3n) is 5.66. The number of hydrogen-bond acceptors (Lipinski definition) is 6. The van der Waals surface area contributed by atoms with Gasteiger partial charge in [-0.25, -0.2) is 0 Å². The normalized spacial score (nSPS) is 29.9. The maximum atomic E-state index is 11.4. The summed E-state index contributed by atoms with van der Waals surface area (Å²) in [5.74, 6) is 0. The van der Waals surface area contributed by atoms with Gasteiger partial charge >= 0.3 is 0 Å². The Morgan fingerprint density at radius 2 is 1.50 bits per heavy atom. The van der Waals surface area contributed by atoms with Gasteiger partial charge in [-0.3, -0.25) is 0 Å². The molecule has 3 aromatic carbocycles. The van der Waals surface area contributed by atoms with Crippen LogP contribution in [0.25, 0.3) is 0 Å². The number of aliphatic hydroxyl groups is 1. The van der Waals surface area contributed by atoms with Crippen molar-refractivity contribution in [1.29, 1.82) is 0 Å². The number of hydrogen-bond donors (Lipinski definition) is 1. The summed E-state index contributed by atoms with van der Waals surface area (Å²) in [6.45, 7) is 0.728. The maximum Gasteiger partial charge on any atom is 0.184 e. The fourth-order valence-corrected chi connectivity index (χ4v) is 5.17. The summed E-state index contributed by atoms with van der Waals surface area (Å²) < 4.78 is 24.7. The average molecular weight is 451 g/mol. The van der Waals surface area contributed by atoms with Crippen molar-refractivity contribution in [2.24, 2.45) is 0 Å². The van der Waals surface area contributed by atoms with Crippen molar-refractivity contribution in [1.82, 2.24) is 0 Å². The summed E-state index contributed by atoms with van der Waals surface area (Å²) in [6, 6.07) is 29.7. The van der Waals surface area contributed by atoms with E-state index in [0.29, 0.717) is 13.2 Å². The molecular formula is C26H26O5S. The monoisotopic (exact) mass is 450 g/mol. The molecule has 2 saturated heterocycles. The Morgan fingerprint density at radius 1 is 0.844 bits per heavy atom. The van der Waals surface area contributed by atoms with E-state index >= 15 is 0 Å². The molecule has 0 aromatic heterocycles. The molecular weight excluding hydrogens is 424 g/mol. The van der Waals surface area contributed by atoms with Gasteiger partial charge in [-0.15, -0.1) is 0 Å². The first-order chi connectivity index (χ1) is 15.8. The lowest BCUT2D eigenvalue weighted by atomic mass is 9.98. The van der Waals surface area contributed by atoms with Crippen molar-refractivity contribution in [2.75, 3.05) is 6.61 Å². The number of thioether (sulfide) groups is 1. The van der Waals surface area contributed by atoms with Gasteiger partial charge in [0.1, 0.15) is 29.9 Å². The fraction of sp³-hybridized carbons (Fsp3) is 0.308. The van der Waals surface area contributed by atoms with Gasteiger partial charge in [0.15, 0.2) is 6.29 Å². The third kappa shape index (κ3) is 4.91. The molecule has 1 N–H and O–H groups in total. The van der Waals surface area contributed by atoms with Crippen molar-refractivity contribution >= 4 is 11.8 Å². The van der Waals surface area contributed by atoms with Crippen molar-refractivity contribution in [3.05, 3.63) is 102 Å². The van der Waals surface area contributed by atoms with E-state index in [4.69, 9.17) is 18.9 Å². The van der Waals surface area contributed by atoms with Crippen LogP contribution in [0.15, 0.2) is 95.9 Å². The SMILES string of the molecule is OC1C(OCc2ccccc2)[C@H](Sc2ccccc2)OC2COC(c3ccccc3)O[C@@H]21. The first kappa shape index (κ1) is 21.6. The molecule has 166 valence electrons. The van der Waals surface area contributed by atoms with Crippen molar-refractivity contribution < 1.29 is 24.1 Å². The molecule has 0 aliphatic carbocycles. The second kappa shape index (κ2) is 10.2. The first-order valence-corrected chi connectivity index (χ1v) is 11.7. The van der Waals surface area contributed by atoms with Gasteiger partial charge in [0, 0.05) is 10.5 Å². The number of ether oxygens (including phenoxy) is 4. The van der Waals surface area contributed by atoms with Gasteiger partial charge < -0.3 is 24.1 Å².